The molecule has 0 radical (unpaired) electrons. The molecule has 0 fully saturated rings. The van der Waals surface area contributed by atoms with E-state index in [1.54, 1.807) is 6.92 Å². The van der Waals surface area contributed by atoms with E-state index in [0.717, 1.165) is 22.2 Å². The largest absolute Gasteiger partial charge is 0.465 e. The zero-order valence-electron chi connectivity index (χ0n) is 13.5. The molecule has 24 heavy (non-hydrogen) atoms. The summed E-state index contributed by atoms with van der Waals surface area (Å²) >= 11 is 0. The molecule has 4 heteroatoms. The zero-order chi connectivity index (χ0) is 16.9. The average molecular weight is 318 g/mol. The van der Waals surface area contributed by atoms with E-state index in [0.29, 0.717) is 6.42 Å². The molecule has 0 amide bonds. The van der Waals surface area contributed by atoms with Gasteiger partial charge in [0.2, 0.25) is 0 Å². The maximum absolute atomic E-state index is 11.9. The Morgan fingerprint density at radius 1 is 1.17 bits per heavy atom. The first-order valence-corrected chi connectivity index (χ1v) is 7.95. The first kappa shape index (κ1) is 15.8. The van der Waals surface area contributed by atoms with E-state index < -0.39 is 11.9 Å². The Morgan fingerprint density at radius 2 is 1.88 bits per heavy atom. The van der Waals surface area contributed by atoms with Crippen LogP contribution in [0.3, 0.4) is 0 Å². The van der Waals surface area contributed by atoms with E-state index in [-0.39, 0.29) is 6.61 Å². The molecule has 1 atom stereocenters. The molecular formula is C20H18N2O2. The van der Waals surface area contributed by atoms with Crippen molar-refractivity contribution < 1.29 is 9.53 Å². The number of hydrogen-bond donors (Lipinski definition) is 0. The maximum Gasteiger partial charge on any atom is 0.323 e. The Balaban J connectivity index is 2.03. The lowest BCUT2D eigenvalue weighted by atomic mass is 10.0. The second-order valence-electron chi connectivity index (χ2n) is 5.51. The summed E-state index contributed by atoms with van der Waals surface area (Å²) in [6, 6.07) is 20.1. The highest BCUT2D eigenvalue weighted by Crippen LogP contribution is 2.27. The number of ether oxygens (including phenoxy) is 1. The summed E-state index contributed by atoms with van der Waals surface area (Å²) in [6.45, 7) is 2.02. The van der Waals surface area contributed by atoms with E-state index in [2.05, 4.69) is 10.6 Å². The van der Waals surface area contributed by atoms with Gasteiger partial charge in [-0.25, -0.2) is 0 Å². The van der Waals surface area contributed by atoms with Gasteiger partial charge in [-0.3, -0.25) is 4.79 Å². The number of fused-ring (bicyclic) bond motifs is 1. The number of rotatable bonds is 5. The number of carbonyl (C=O) groups is 1. The maximum atomic E-state index is 11.9. The number of benzene rings is 2. The second kappa shape index (κ2) is 7.01. The minimum atomic E-state index is -0.792. The van der Waals surface area contributed by atoms with Crippen molar-refractivity contribution in [2.75, 3.05) is 6.61 Å². The number of hydrogen-bond acceptors (Lipinski definition) is 3. The van der Waals surface area contributed by atoms with E-state index in [1.807, 2.05) is 60.8 Å². The molecule has 4 nitrogen and oxygen atoms in total. The summed E-state index contributed by atoms with van der Waals surface area (Å²) in [5.74, 6) is -1.25. The van der Waals surface area contributed by atoms with Crippen LogP contribution >= 0.6 is 0 Å². The third-order valence-corrected chi connectivity index (χ3v) is 3.98. The standard InChI is InChI=1S/C20H18N2O2/c1-2-24-20(23)15(13-21)12-16-14-22(17-8-4-3-5-9-17)19-11-7-6-10-18(16)19/h3-11,14-15H,2,12H2,1H3. The monoisotopic (exact) mass is 318 g/mol. The predicted molar refractivity (Wildman–Crippen MR) is 92.7 cm³/mol. The van der Waals surface area contributed by atoms with Crippen LogP contribution in [-0.2, 0) is 16.0 Å². The highest BCUT2D eigenvalue weighted by Gasteiger charge is 2.22. The van der Waals surface area contributed by atoms with Crippen LogP contribution in [0.15, 0.2) is 60.8 Å². The first-order chi connectivity index (χ1) is 11.7. The van der Waals surface area contributed by atoms with Crippen LogP contribution in [0.1, 0.15) is 12.5 Å². The van der Waals surface area contributed by atoms with Crippen LogP contribution in [0.2, 0.25) is 0 Å². The fraction of sp³-hybridized carbons (Fsp3) is 0.200. The Labute approximate surface area is 140 Å². The van der Waals surface area contributed by atoms with Crippen LogP contribution in [0.4, 0.5) is 0 Å². The Kier molecular flexibility index (Phi) is 4.62. The van der Waals surface area contributed by atoms with Crippen LogP contribution < -0.4 is 0 Å². The van der Waals surface area contributed by atoms with E-state index >= 15 is 0 Å². The smallest absolute Gasteiger partial charge is 0.323 e. The summed E-state index contributed by atoms with van der Waals surface area (Å²) in [5.41, 5.74) is 3.07. The fourth-order valence-corrected chi connectivity index (χ4v) is 2.86. The number of carbonyl (C=O) groups excluding carboxylic acids is 1. The summed E-state index contributed by atoms with van der Waals surface area (Å²) < 4.78 is 7.09. The molecular weight excluding hydrogens is 300 g/mol. The van der Waals surface area contributed by atoms with Crippen molar-refractivity contribution in [3.05, 3.63) is 66.4 Å². The predicted octanol–water partition coefficient (Wildman–Crippen LogP) is 3.88. The van der Waals surface area contributed by atoms with Gasteiger partial charge in [-0.05, 0) is 30.7 Å². The van der Waals surface area contributed by atoms with Gasteiger partial charge in [-0.2, -0.15) is 5.26 Å². The SMILES string of the molecule is CCOC(=O)C(C#N)Cc1cn(-c2ccccc2)c2ccccc12. The highest BCUT2D eigenvalue weighted by molar-refractivity contribution is 5.86. The number of aromatic nitrogens is 1. The quantitative estimate of drug-likeness (QED) is 0.671. The minimum absolute atomic E-state index is 0.281. The van der Waals surface area contributed by atoms with Gasteiger partial charge in [0, 0.05) is 23.7 Å². The number of nitriles is 1. The van der Waals surface area contributed by atoms with E-state index in [4.69, 9.17) is 4.74 Å². The third-order valence-electron chi connectivity index (χ3n) is 3.98. The molecule has 0 spiro atoms. The van der Waals surface area contributed by atoms with Crippen molar-refractivity contribution in [1.29, 1.82) is 5.26 Å². The molecule has 0 aliphatic rings. The minimum Gasteiger partial charge on any atom is -0.465 e. The van der Waals surface area contributed by atoms with E-state index in [1.165, 1.54) is 0 Å². The lowest BCUT2D eigenvalue weighted by Crippen LogP contribution is -2.18. The molecule has 0 aliphatic carbocycles. The van der Waals surface area contributed by atoms with Crippen molar-refractivity contribution >= 4 is 16.9 Å². The van der Waals surface area contributed by atoms with Gasteiger partial charge in [-0.15, -0.1) is 0 Å². The Morgan fingerprint density at radius 3 is 2.58 bits per heavy atom. The van der Waals surface area contributed by atoms with Gasteiger partial charge in [0.25, 0.3) is 0 Å². The molecule has 0 N–H and O–H groups in total. The van der Waals surface area contributed by atoms with Crippen LogP contribution in [0, 0.1) is 17.2 Å². The van der Waals surface area contributed by atoms with Gasteiger partial charge >= 0.3 is 5.97 Å². The van der Waals surface area contributed by atoms with Crippen molar-refractivity contribution in [2.24, 2.45) is 5.92 Å². The molecule has 3 aromatic rings. The molecule has 120 valence electrons. The lowest BCUT2D eigenvalue weighted by Gasteiger charge is -2.07. The van der Waals surface area contributed by atoms with Crippen molar-refractivity contribution in [1.82, 2.24) is 4.57 Å². The topological polar surface area (TPSA) is 55.0 Å². The van der Waals surface area contributed by atoms with Gasteiger partial charge in [0.15, 0.2) is 0 Å². The fourth-order valence-electron chi connectivity index (χ4n) is 2.86. The number of nitrogens with zero attached hydrogens (tertiary/aromatic N) is 2. The van der Waals surface area contributed by atoms with Crippen LogP contribution in [0.25, 0.3) is 16.6 Å². The molecule has 0 bridgehead atoms. The number of para-hydroxylation sites is 2. The molecule has 1 heterocycles. The highest BCUT2D eigenvalue weighted by atomic mass is 16.5. The van der Waals surface area contributed by atoms with Gasteiger partial charge in [0.1, 0.15) is 5.92 Å². The summed E-state index contributed by atoms with van der Waals surface area (Å²) in [4.78, 5) is 11.9. The van der Waals surface area contributed by atoms with E-state index in [9.17, 15) is 10.1 Å². The first-order valence-electron chi connectivity index (χ1n) is 7.95. The second-order valence-corrected chi connectivity index (χ2v) is 5.51. The normalized spacial score (nSPS) is 11.8. The van der Waals surface area contributed by atoms with Gasteiger partial charge < -0.3 is 9.30 Å². The third kappa shape index (κ3) is 3.02. The Hall–Kier alpha value is -3.06. The van der Waals surface area contributed by atoms with Crippen LogP contribution in [0.5, 0.6) is 0 Å². The molecule has 1 unspecified atom stereocenters. The molecule has 0 saturated carbocycles. The number of esters is 1. The zero-order valence-corrected chi connectivity index (χ0v) is 13.5. The lowest BCUT2D eigenvalue weighted by molar-refractivity contribution is -0.145. The summed E-state index contributed by atoms with van der Waals surface area (Å²) in [7, 11) is 0. The molecule has 0 aliphatic heterocycles. The van der Waals surface area contributed by atoms with Crippen LogP contribution in [-0.4, -0.2) is 17.1 Å². The van der Waals surface area contributed by atoms with Gasteiger partial charge in [0.05, 0.1) is 18.2 Å². The van der Waals surface area contributed by atoms with Crippen molar-refractivity contribution in [3.8, 4) is 11.8 Å². The molecule has 0 saturated heterocycles. The van der Waals surface area contributed by atoms with Crippen molar-refractivity contribution in [3.63, 3.8) is 0 Å². The molecule has 2 aromatic carbocycles. The summed E-state index contributed by atoms with van der Waals surface area (Å²) in [6.07, 6.45) is 2.35. The summed E-state index contributed by atoms with van der Waals surface area (Å²) in [5, 5.41) is 10.4. The Bertz CT molecular complexity index is 891. The molecule has 1 aromatic heterocycles. The van der Waals surface area contributed by atoms with Gasteiger partial charge in [-0.1, -0.05) is 36.4 Å². The molecule has 3 rings (SSSR count). The van der Waals surface area contributed by atoms with Crippen molar-refractivity contribution in [2.45, 2.75) is 13.3 Å². The average Bonchev–Trinajstić information content (AvgIpc) is 2.99.